The molecule has 0 aromatic carbocycles. The first-order chi connectivity index (χ1) is 11.4. The zero-order valence-corrected chi connectivity index (χ0v) is 14.5. The molecule has 2 rings (SSSR count). The molecule has 0 aliphatic carbocycles. The molecule has 0 bridgehead atoms. The fourth-order valence-electron chi connectivity index (χ4n) is 2.54. The van der Waals surface area contributed by atoms with Crippen LogP contribution in [0.3, 0.4) is 0 Å². The van der Waals surface area contributed by atoms with Crippen LogP contribution < -0.4 is 5.48 Å². The molecular formula is C17H26N2O5. The molecule has 1 aromatic rings. The van der Waals surface area contributed by atoms with Crippen molar-refractivity contribution < 1.29 is 23.6 Å². The van der Waals surface area contributed by atoms with Crippen molar-refractivity contribution in [3.8, 4) is 0 Å². The lowest BCUT2D eigenvalue weighted by Crippen LogP contribution is -2.47. The van der Waals surface area contributed by atoms with Crippen molar-refractivity contribution >= 4 is 12.0 Å². The maximum Gasteiger partial charge on any atom is 0.410 e. The summed E-state index contributed by atoms with van der Waals surface area (Å²) in [5.41, 5.74) is 1.85. The largest absolute Gasteiger partial charge is 0.469 e. The van der Waals surface area contributed by atoms with E-state index in [1.807, 2.05) is 12.1 Å². The first-order valence-corrected chi connectivity index (χ1v) is 8.30. The molecule has 0 radical (unpaired) electrons. The van der Waals surface area contributed by atoms with E-state index in [0.717, 1.165) is 25.0 Å². The highest BCUT2D eigenvalue weighted by Crippen LogP contribution is 2.21. The van der Waals surface area contributed by atoms with Gasteiger partial charge < -0.3 is 9.15 Å². The molecule has 1 fully saturated rings. The molecule has 2 amide bonds. The van der Waals surface area contributed by atoms with E-state index in [2.05, 4.69) is 5.48 Å². The van der Waals surface area contributed by atoms with Gasteiger partial charge in [-0.15, -0.1) is 0 Å². The number of hydroxylamine groups is 1. The molecule has 0 saturated carbocycles. The van der Waals surface area contributed by atoms with Crippen molar-refractivity contribution in [1.82, 2.24) is 10.4 Å². The molecule has 1 saturated heterocycles. The van der Waals surface area contributed by atoms with Crippen molar-refractivity contribution in [3.05, 3.63) is 24.2 Å². The van der Waals surface area contributed by atoms with E-state index in [4.69, 9.17) is 14.0 Å². The quantitative estimate of drug-likeness (QED) is 0.637. The standard InChI is InChI=1S/C17H26N2O5/c1-17(2,3)24-16(21)19-10-4-9-14(19)15(20)18-23-12-6-8-13-7-5-11-22-13/h5,7,11,14H,4,6,8-10,12H2,1-3H3,(H,18,20). The number of nitrogens with zero attached hydrogens (tertiary/aromatic N) is 1. The minimum absolute atomic E-state index is 0.309. The van der Waals surface area contributed by atoms with Crippen molar-refractivity contribution in [2.45, 2.75) is 58.1 Å². The highest BCUT2D eigenvalue weighted by molar-refractivity contribution is 5.85. The first kappa shape index (κ1) is 18.3. The summed E-state index contributed by atoms with van der Waals surface area (Å²) < 4.78 is 10.6. The third kappa shape index (κ3) is 5.56. The average molecular weight is 338 g/mol. The normalized spacial score (nSPS) is 17.8. The van der Waals surface area contributed by atoms with Crippen LogP contribution >= 0.6 is 0 Å². The van der Waals surface area contributed by atoms with Gasteiger partial charge >= 0.3 is 6.09 Å². The van der Waals surface area contributed by atoms with Gasteiger partial charge in [0.1, 0.15) is 17.4 Å². The smallest absolute Gasteiger partial charge is 0.410 e. The van der Waals surface area contributed by atoms with E-state index in [1.165, 1.54) is 4.90 Å². The summed E-state index contributed by atoms with van der Waals surface area (Å²) in [6.07, 6.45) is 4.03. The van der Waals surface area contributed by atoms with Crippen molar-refractivity contribution in [3.63, 3.8) is 0 Å². The Morgan fingerprint density at radius 1 is 1.42 bits per heavy atom. The fourth-order valence-corrected chi connectivity index (χ4v) is 2.54. The van der Waals surface area contributed by atoms with Crippen LogP contribution in [0.4, 0.5) is 4.79 Å². The van der Waals surface area contributed by atoms with Crippen LogP contribution in [0, 0.1) is 0 Å². The first-order valence-electron chi connectivity index (χ1n) is 8.30. The summed E-state index contributed by atoms with van der Waals surface area (Å²) in [5.74, 6) is 0.577. The average Bonchev–Trinajstić information content (AvgIpc) is 3.16. The van der Waals surface area contributed by atoms with Gasteiger partial charge in [0.25, 0.3) is 5.91 Å². The van der Waals surface area contributed by atoms with Gasteiger partial charge in [-0.25, -0.2) is 10.3 Å². The zero-order chi connectivity index (χ0) is 17.6. The van der Waals surface area contributed by atoms with Gasteiger partial charge in [-0.2, -0.15) is 0 Å². The second kappa shape index (κ2) is 8.19. The molecule has 1 aliphatic heterocycles. The van der Waals surface area contributed by atoms with Crippen molar-refractivity contribution in [2.24, 2.45) is 0 Å². The van der Waals surface area contributed by atoms with Gasteiger partial charge in [0, 0.05) is 13.0 Å². The Morgan fingerprint density at radius 3 is 2.88 bits per heavy atom. The van der Waals surface area contributed by atoms with Gasteiger partial charge in [0.2, 0.25) is 0 Å². The number of hydrogen-bond acceptors (Lipinski definition) is 5. The summed E-state index contributed by atoms with van der Waals surface area (Å²) in [7, 11) is 0. The third-order valence-corrected chi connectivity index (χ3v) is 3.61. The Hall–Kier alpha value is -2.02. The van der Waals surface area contributed by atoms with Crippen LogP contribution in [0.1, 0.15) is 45.8 Å². The highest BCUT2D eigenvalue weighted by atomic mass is 16.7. The second-order valence-corrected chi connectivity index (χ2v) is 6.83. The number of carbonyl (C=O) groups excluding carboxylic acids is 2. The van der Waals surface area contributed by atoms with E-state index in [9.17, 15) is 9.59 Å². The number of nitrogens with one attached hydrogen (secondary N) is 1. The van der Waals surface area contributed by atoms with Crippen LogP contribution in [0.15, 0.2) is 22.8 Å². The maximum atomic E-state index is 12.2. The molecule has 1 aliphatic rings. The van der Waals surface area contributed by atoms with Crippen molar-refractivity contribution in [2.75, 3.05) is 13.2 Å². The predicted octanol–water partition coefficient (Wildman–Crippen LogP) is 2.66. The van der Waals surface area contributed by atoms with Gasteiger partial charge in [0.05, 0.1) is 12.9 Å². The topological polar surface area (TPSA) is 81.0 Å². The number of likely N-dealkylation sites (tertiary alicyclic amines) is 1. The van der Waals surface area contributed by atoms with Gasteiger partial charge in [-0.3, -0.25) is 14.5 Å². The number of ether oxygens (including phenoxy) is 1. The molecule has 1 unspecified atom stereocenters. The summed E-state index contributed by atoms with van der Waals surface area (Å²) in [5, 5.41) is 0. The number of rotatable bonds is 6. The van der Waals surface area contributed by atoms with Gasteiger partial charge in [-0.05, 0) is 52.2 Å². The Labute approximate surface area is 142 Å². The molecule has 7 heteroatoms. The molecule has 2 heterocycles. The molecule has 1 atom stereocenters. The number of amides is 2. The minimum atomic E-state index is -0.580. The van der Waals surface area contributed by atoms with E-state index in [0.29, 0.717) is 19.6 Å². The third-order valence-electron chi connectivity index (χ3n) is 3.61. The van der Waals surface area contributed by atoms with E-state index < -0.39 is 17.7 Å². The van der Waals surface area contributed by atoms with Crippen LogP contribution in [0.25, 0.3) is 0 Å². The second-order valence-electron chi connectivity index (χ2n) is 6.83. The fraction of sp³-hybridized carbons (Fsp3) is 0.647. The van der Waals surface area contributed by atoms with E-state index >= 15 is 0 Å². The van der Waals surface area contributed by atoms with Crippen LogP contribution in [0.5, 0.6) is 0 Å². The van der Waals surface area contributed by atoms with E-state index in [-0.39, 0.29) is 5.91 Å². The van der Waals surface area contributed by atoms with Gasteiger partial charge in [0.15, 0.2) is 0 Å². The van der Waals surface area contributed by atoms with Crippen LogP contribution in [-0.4, -0.2) is 41.7 Å². The molecule has 1 N–H and O–H groups in total. The lowest BCUT2D eigenvalue weighted by atomic mass is 10.2. The van der Waals surface area contributed by atoms with E-state index in [1.54, 1.807) is 27.0 Å². The summed E-state index contributed by atoms with van der Waals surface area (Å²) in [4.78, 5) is 31.0. The SMILES string of the molecule is CC(C)(C)OC(=O)N1CCCC1C(=O)NOCCCc1ccco1. The van der Waals surface area contributed by atoms with Crippen molar-refractivity contribution in [1.29, 1.82) is 0 Å². The summed E-state index contributed by atoms with van der Waals surface area (Å²) in [6.45, 7) is 6.31. The molecule has 1 aromatic heterocycles. The zero-order valence-electron chi connectivity index (χ0n) is 14.5. The van der Waals surface area contributed by atoms with Crippen LogP contribution in [0.2, 0.25) is 0 Å². The Balaban J connectivity index is 1.71. The molecule has 0 spiro atoms. The maximum absolute atomic E-state index is 12.2. The number of furan rings is 1. The minimum Gasteiger partial charge on any atom is -0.469 e. The number of aryl methyl sites for hydroxylation is 1. The lowest BCUT2D eigenvalue weighted by Gasteiger charge is -2.27. The summed E-state index contributed by atoms with van der Waals surface area (Å²) >= 11 is 0. The van der Waals surface area contributed by atoms with Crippen LogP contribution in [-0.2, 0) is 20.8 Å². The lowest BCUT2D eigenvalue weighted by molar-refractivity contribution is -0.138. The van der Waals surface area contributed by atoms with Gasteiger partial charge in [-0.1, -0.05) is 0 Å². The highest BCUT2D eigenvalue weighted by Gasteiger charge is 2.36. The Bertz CT molecular complexity index is 536. The number of hydrogen-bond donors (Lipinski definition) is 1. The Morgan fingerprint density at radius 2 is 2.21 bits per heavy atom. The Kier molecular flexibility index (Phi) is 6.25. The molecular weight excluding hydrogens is 312 g/mol. The predicted molar refractivity (Wildman–Crippen MR) is 87.1 cm³/mol. The number of carbonyl (C=O) groups is 2. The molecule has 134 valence electrons. The monoisotopic (exact) mass is 338 g/mol. The summed E-state index contributed by atoms with van der Waals surface area (Å²) in [6, 6.07) is 3.20. The molecule has 7 nitrogen and oxygen atoms in total. The molecule has 24 heavy (non-hydrogen) atoms.